The molecule has 0 bridgehead atoms. The standard InChI is InChI=1S/C14H12BrNO5S/c15-9-6-8(7-11-13(19)16-14(20)22-11)3-4-10(9)21-5-1-2-12(17)18/h3-4,6-7H,1-2,5H2,(H,17,18)(H,16,19,20). The van der Waals surface area contributed by atoms with Crippen molar-refractivity contribution in [2.24, 2.45) is 0 Å². The lowest BCUT2D eigenvalue weighted by Gasteiger charge is -2.08. The van der Waals surface area contributed by atoms with Crippen molar-refractivity contribution < 1.29 is 24.2 Å². The van der Waals surface area contributed by atoms with Crippen LogP contribution in [0.25, 0.3) is 6.08 Å². The fraction of sp³-hybridized carbons (Fsp3) is 0.214. The van der Waals surface area contributed by atoms with Crippen molar-refractivity contribution in [3.8, 4) is 5.75 Å². The highest BCUT2D eigenvalue weighted by Crippen LogP contribution is 2.30. The van der Waals surface area contributed by atoms with Gasteiger partial charge in [-0.1, -0.05) is 6.07 Å². The molecule has 1 heterocycles. The number of benzene rings is 1. The van der Waals surface area contributed by atoms with Gasteiger partial charge >= 0.3 is 5.97 Å². The number of amides is 2. The van der Waals surface area contributed by atoms with Crippen LogP contribution in [-0.4, -0.2) is 28.8 Å². The normalized spacial score (nSPS) is 16.0. The van der Waals surface area contributed by atoms with Crippen molar-refractivity contribution in [1.29, 1.82) is 0 Å². The second-order valence-electron chi connectivity index (χ2n) is 4.39. The third-order valence-corrected chi connectivity index (χ3v) is 4.12. The van der Waals surface area contributed by atoms with E-state index in [0.29, 0.717) is 28.2 Å². The van der Waals surface area contributed by atoms with E-state index in [2.05, 4.69) is 21.2 Å². The summed E-state index contributed by atoms with van der Waals surface area (Å²) in [7, 11) is 0. The van der Waals surface area contributed by atoms with Crippen LogP contribution in [0.5, 0.6) is 5.75 Å². The van der Waals surface area contributed by atoms with E-state index in [4.69, 9.17) is 9.84 Å². The van der Waals surface area contributed by atoms with Gasteiger partial charge in [0.15, 0.2) is 0 Å². The molecule has 22 heavy (non-hydrogen) atoms. The SMILES string of the molecule is O=C(O)CCCOc1ccc(C=C2SC(=O)NC2=O)cc1Br. The molecule has 0 atom stereocenters. The number of ether oxygens (including phenoxy) is 1. The lowest BCUT2D eigenvalue weighted by Crippen LogP contribution is -2.17. The molecule has 2 N–H and O–H groups in total. The third-order valence-electron chi connectivity index (χ3n) is 2.69. The first-order valence-corrected chi connectivity index (χ1v) is 7.95. The lowest BCUT2D eigenvalue weighted by molar-refractivity contribution is -0.137. The van der Waals surface area contributed by atoms with E-state index in [1.807, 2.05) is 0 Å². The highest BCUT2D eigenvalue weighted by atomic mass is 79.9. The average Bonchev–Trinajstić information content (AvgIpc) is 2.74. The first-order chi connectivity index (χ1) is 10.5. The van der Waals surface area contributed by atoms with Crippen molar-refractivity contribution in [2.75, 3.05) is 6.61 Å². The van der Waals surface area contributed by atoms with Crippen LogP contribution in [0, 0.1) is 0 Å². The Morgan fingerprint density at radius 3 is 2.77 bits per heavy atom. The maximum Gasteiger partial charge on any atom is 0.303 e. The summed E-state index contributed by atoms with van der Waals surface area (Å²) in [6, 6.07) is 5.23. The number of imide groups is 1. The van der Waals surface area contributed by atoms with Gasteiger partial charge in [-0.05, 0) is 57.9 Å². The van der Waals surface area contributed by atoms with Gasteiger partial charge in [-0.3, -0.25) is 19.7 Å². The Bertz CT molecular complexity index is 659. The number of aliphatic carboxylic acids is 1. The first kappa shape index (κ1) is 16.6. The Hall–Kier alpha value is -1.80. The fourth-order valence-corrected chi connectivity index (χ4v) is 2.90. The number of carboxylic acids is 1. The summed E-state index contributed by atoms with van der Waals surface area (Å²) in [6.45, 7) is 0.304. The summed E-state index contributed by atoms with van der Waals surface area (Å²) in [6.07, 6.45) is 2.10. The van der Waals surface area contributed by atoms with Crippen LogP contribution in [0.1, 0.15) is 18.4 Å². The Kier molecular flexibility index (Phi) is 5.62. The van der Waals surface area contributed by atoms with Crippen LogP contribution in [0.2, 0.25) is 0 Å². The molecule has 0 saturated carbocycles. The maximum absolute atomic E-state index is 11.5. The molecule has 0 spiro atoms. The van der Waals surface area contributed by atoms with Gasteiger partial charge in [-0.15, -0.1) is 0 Å². The Morgan fingerprint density at radius 2 is 2.18 bits per heavy atom. The molecule has 0 radical (unpaired) electrons. The molecular formula is C14H12BrNO5S. The van der Waals surface area contributed by atoms with Crippen molar-refractivity contribution in [1.82, 2.24) is 5.32 Å². The number of thioether (sulfide) groups is 1. The highest BCUT2D eigenvalue weighted by Gasteiger charge is 2.24. The van der Waals surface area contributed by atoms with Crippen LogP contribution in [0.3, 0.4) is 0 Å². The van der Waals surface area contributed by atoms with Crippen LogP contribution in [-0.2, 0) is 9.59 Å². The Labute approximate surface area is 139 Å². The summed E-state index contributed by atoms with van der Waals surface area (Å²) in [5.74, 6) is -0.668. The molecule has 8 heteroatoms. The molecule has 116 valence electrons. The van der Waals surface area contributed by atoms with Gasteiger partial charge in [0.1, 0.15) is 5.75 Å². The minimum Gasteiger partial charge on any atom is -0.492 e. The number of carbonyl (C=O) groups excluding carboxylic acids is 2. The van der Waals surface area contributed by atoms with Gasteiger partial charge in [0.25, 0.3) is 11.1 Å². The van der Waals surface area contributed by atoms with Crippen LogP contribution >= 0.6 is 27.7 Å². The van der Waals surface area contributed by atoms with E-state index < -0.39 is 11.9 Å². The molecule has 1 aromatic carbocycles. The van der Waals surface area contributed by atoms with Crippen molar-refractivity contribution in [2.45, 2.75) is 12.8 Å². The monoisotopic (exact) mass is 385 g/mol. The van der Waals surface area contributed by atoms with Crippen LogP contribution in [0.15, 0.2) is 27.6 Å². The van der Waals surface area contributed by atoms with Gasteiger partial charge in [0.05, 0.1) is 16.0 Å². The second kappa shape index (κ2) is 7.46. The highest BCUT2D eigenvalue weighted by molar-refractivity contribution is 9.10. The number of halogens is 1. The molecule has 1 fully saturated rings. The Balaban J connectivity index is 2.00. The molecular weight excluding hydrogens is 374 g/mol. The lowest BCUT2D eigenvalue weighted by atomic mass is 10.2. The molecule has 0 unspecified atom stereocenters. The second-order valence-corrected chi connectivity index (χ2v) is 6.26. The van der Waals surface area contributed by atoms with Crippen molar-refractivity contribution >= 4 is 50.9 Å². The molecule has 1 aliphatic rings. The number of nitrogens with one attached hydrogen (secondary N) is 1. The zero-order valence-corrected chi connectivity index (χ0v) is 13.7. The molecule has 0 aliphatic carbocycles. The topological polar surface area (TPSA) is 92.7 Å². The van der Waals surface area contributed by atoms with Crippen molar-refractivity contribution in [3.05, 3.63) is 33.1 Å². The maximum atomic E-state index is 11.5. The molecule has 2 rings (SSSR count). The average molecular weight is 386 g/mol. The summed E-state index contributed by atoms with van der Waals surface area (Å²) in [5, 5.41) is 10.4. The van der Waals surface area contributed by atoms with Crippen molar-refractivity contribution in [3.63, 3.8) is 0 Å². The van der Waals surface area contributed by atoms with Crippen LogP contribution < -0.4 is 10.1 Å². The number of hydrogen-bond acceptors (Lipinski definition) is 5. The number of rotatable bonds is 6. The van der Waals surface area contributed by atoms with Gasteiger partial charge in [-0.25, -0.2) is 0 Å². The Morgan fingerprint density at radius 1 is 1.41 bits per heavy atom. The smallest absolute Gasteiger partial charge is 0.303 e. The summed E-state index contributed by atoms with van der Waals surface area (Å²) < 4.78 is 6.17. The first-order valence-electron chi connectivity index (χ1n) is 6.34. The largest absolute Gasteiger partial charge is 0.492 e. The summed E-state index contributed by atoms with van der Waals surface area (Å²) in [4.78, 5) is 33.3. The molecule has 2 amide bonds. The van der Waals surface area contributed by atoms with Gasteiger partial charge in [-0.2, -0.15) is 0 Å². The zero-order valence-electron chi connectivity index (χ0n) is 11.3. The zero-order chi connectivity index (χ0) is 16.1. The predicted molar refractivity (Wildman–Crippen MR) is 85.6 cm³/mol. The van der Waals surface area contributed by atoms with Gasteiger partial charge in [0.2, 0.25) is 0 Å². The molecule has 1 aromatic rings. The van der Waals surface area contributed by atoms with E-state index in [1.54, 1.807) is 24.3 Å². The minimum atomic E-state index is -0.855. The summed E-state index contributed by atoms with van der Waals surface area (Å²) >= 11 is 4.22. The van der Waals surface area contributed by atoms with E-state index in [0.717, 1.165) is 17.3 Å². The van der Waals surface area contributed by atoms with E-state index >= 15 is 0 Å². The number of carboxylic acid groups (broad SMARTS) is 1. The predicted octanol–water partition coefficient (Wildman–Crippen LogP) is 3.02. The molecule has 0 aromatic heterocycles. The molecule has 1 aliphatic heterocycles. The fourth-order valence-electron chi connectivity index (χ4n) is 1.70. The van der Waals surface area contributed by atoms with E-state index in [1.165, 1.54) is 0 Å². The number of carbonyl (C=O) groups is 3. The third kappa shape index (κ3) is 4.60. The minimum absolute atomic E-state index is 0.0577. The van der Waals surface area contributed by atoms with Gasteiger partial charge < -0.3 is 9.84 Å². The van der Waals surface area contributed by atoms with E-state index in [9.17, 15) is 14.4 Å². The molecule has 1 saturated heterocycles. The van der Waals surface area contributed by atoms with E-state index in [-0.39, 0.29) is 11.7 Å². The molecule has 6 nitrogen and oxygen atoms in total. The van der Waals surface area contributed by atoms with Gasteiger partial charge in [0, 0.05) is 6.42 Å². The summed E-state index contributed by atoms with van der Waals surface area (Å²) in [5.41, 5.74) is 0.747. The van der Waals surface area contributed by atoms with Crippen LogP contribution in [0.4, 0.5) is 4.79 Å². The quantitative estimate of drug-likeness (QED) is 0.577. The number of hydrogen-bond donors (Lipinski definition) is 2.